The summed E-state index contributed by atoms with van der Waals surface area (Å²) in [4.78, 5) is 26.3. The molecule has 0 aromatic heterocycles. The van der Waals surface area contributed by atoms with Crippen molar-refractivity contribution in [2.24, 2.45) is 5.41 Å². The molecule has 31 heavy (non-hydrogen) atoms. The van der Waals surface area contributed by atoms with E-state index in [0.29, 0.717) is 6.26 Å². The fourth-order valence-corrected chi connectivity index (χ4v) is 4.44. The summed E-state index contributed by atoms with van der Waals surface area (Å²) in [5.74, 6) is -3.01. The number of halogens is 3. The van der Waals surface area contributed by atoms with Crippen LogP contribution in [0.3, 0.4) is 0 Å². The predicted molar refractivity (Wildman–Crippen MR) is 110 cm³/mol. The molecule has 3 unspecified atom stereocenters. The number of ether oxygens (including phenoxy) is 1. The van der Waals surface area contributed by atoms with Gasteiger partial charge >= 0.3 is 18.1 Å². The van der Waals surface area contributed by atoms with Crippen molar-refractivity contribution in [2.75, 3.05) is 0 Å². The summed E-state index contributed by atoms with van der Waals surface area (Å²) in [6.07, 6.45) is -2.08. The maximum Gasteiger partial charge on any atom is 0.410 e. The van der Waals surface area contributed by atoms with Gasteiger partial charge in [0.1, 0.15) is 5.41 Å². The van der Waals surface area contributed by atoms with Crippen LogP contribution in [0.5, 0.6) is 0 Å². The molecule has 0 amide bonds. The van der Waals surface area contributed by atoms with Gasteiger partial charge in [0.05, 0.1) is 27.4 Å². The van der Waals surface area contributed by atoms with Gasteiger partial charge in [0.25, 0.3) is 0 Å². The van der Waals surface area contributed by atoms with Crippen LogP contribution in [0, 0.1) is 16.7 Å². The molecule has 1 aliphatic carbocycles. The first kappa shape index (κ1) is 24.4. The Hall–Kier alpha value is -2.91. The van der Waals surface area contributed by atoms with Gasteiger partial charge in [-0.05, 0) is 41.7 Å². The molecule has 2 rings (SSSR count). The van der Waals surface area contributed by atoms with Crippen molar-refractivity contribution in [3.63, 3.8) is 0 Å². The fourth-order valence-electron chi connectivity index (χ4n) is 4.26. The summed E-state index contributed by atoms with van der Waals surface area (Å²) >= 11 is 0. The lowest BCUT2D eigenvalue weighted by Gasteiger charge is -2.49. The standard InChI is InChI=1S/C22H21F3NO4P/c1-4-15-11-12-20(18(27)29-6-3,16-9-7-14(13-26)8-10-16)21(17(15)5-2,19(28)30-31)22(23,24)25/h6-12H,3-5,31H2,1-2H3. The van der Waals surface area contributed by atoms with Crippen molar-refractivity contribution in [2.45, 2.75) is 38.3 Å². The second-order valence-electron chi connectivity index (χ2n) is 6.77. The summed E-state index contributed by atoms with van der Waals surface area (Å²) in [5, 5.41) is 9.07. The van der Waals surface area contributed by atoms with Crippen molar-refractivity contribution in [1.82, 2.24) is 0 Å². The molecule has 0 bridgehead atoms. The van der Waals surface area contributed by atoms with Gasteiger partial charge in [-0.2, -0.15) is 18.4 Å². The number of allylic oxidation sites excluding steroid dienone is 2. The van der Waals surface area contributed by atoms with Crippen LogP contribution in [-0.2, 0) is 24.3 Å². The minimum absolute atomic E-state index is 0.169. The van der Waals surface area contributed by atoms with E-state index in [1.807, 2.05) is 6.07 Å². The molecular formula is C22H21F3NO4P. The van der Waals surface area contributed by atoms with E-state index in [0.717, 1.165) is 6.08 Å². The van der Waals surface area contributed by atoms with Gasteiger partial charge in [-0.25, -0.2) is 0 Å². The number of alkyl halides is 3. The Labute approximate surface area is 180 Å². The zero-order valence-electron chi connectivity index (χ0n) is 17.0. The molecule has 1 aromatic carbocycles. The molecule has 9 heteroatoms. The highest BCUT2D eigenvalue weighted by atomic mass is 31.0. The first-order chi connectivity index (χ1) is 14.6. The maximum absolute atomic E-state index is 15.0. The van der Waals surface area contributed by atoms with E-state index in [-0.39, 0.29) is 35.1 Å². The normalized spacial score (nSPS) is 23.1. The Morgan fingerprint density at radius 1 is 1.19 bits per heavy atom. The van der Waals surface area contributed by atoms with Crippen LogP contribution >= 0.6 is 9.47 Å². The molecule has 0 heterocycles. The zero-order chi connectivity index (χ0) is 23.4. The average molecular weight is 451 g/mol. The van der Waals surface area contributed by atoms with E-state index in [4.69, 9.17) is 10.00 Å². The number of rotatable bonds is 6. The monoisotopic (exact) mass is 451 g/mol. The lowest BCUT2D eigenvalue weighted by Crippen LogP contribution is -2.64. The number of hydrogen-bond acceptors (Lipinski definition) is 5. The third-order valence-corrected chi connectivity index (χ3v) is 5.73. The first-order valence-corrected chi connectivity index (χ1v) is 9.81. The van der Waals surface area contributed by atoms with Gasteiger partial charge in [0.2, 0.25) is 5.41 Å². The third-order valence-electron chi connectivity index (χ3n) is 5.52. The molecule has 5 nitrogen and oxygen atoms in total. The van der Waals surface area contributed by atoms with E-state index < -0.39 is 28.9 Å². The minimum atomic E-state index is -5.24. The fraction of sp³-hybridized carbons (Fsp3) is 0.318. The Balaban J connectivity index is 3.15. The molecule has 0 saturated carbocycles. The Morgan fingerprint density at radius 2 is 1.81 bits per heavy atom. The molecule has 0 aliphatic heterocycles. The number of nitriles is 1. The van der Waals surface area contributed by atoms with Crippen molar-refractivity contribution in [3.8, 4) is 6.07 Å². The van der Waals surface area contributed by atoms with Crippen LogP contribution in [0.1, 0.15) is 37.8 Å². The van der Waals surface area contributed by atoms with Crippen LogP contribution in [0.25, 0.3) is 0 Å². The average Bonchev–Trinajstić information content (AvgIpc) is 2.76. The van der Waals surface area contributed by atoms with E-state index in [9.17, 15) is 9.59 Å². The van der Waals surface area contributed by atoms with Crippen LogP contribution in [0.2, 0.25) is 0 Å². The molecule has 0 N–H and O–H groups in total. The molecule has 3 atom stereocenters. The second-order valence-corrected chi connectivity index (χ2v) is 7.00. The Kier molecular flexibility index (Phi) is 7.13. The van der Waals surface area contributed by atoms with Crippen molar-refractivity contribution < 1.29 is 32.0 Å². The van der Waals surface area contributed by atoms with E-state index in [1.165, 1.54) is 46.7 Å². The second kappa shape index (κ2) is 9.07. The Morgan fingerprint density at radius 3 is 2.23 bits per heavy atom. The largest absolute Gasteiger partial charge is 0.451 e. The zero-order valence-corrected chi connectivity index (χ0v) is 18.1. The van der Waals surface area contributed by atoms with Crippen LogP contribution < -0.4 is 0 Å². The van der Waals surface area contributed by atoms with Crippen LogP contribution in [0.15, 0.2) is 60.4 Å². The van der Waals surface area contributed by atoms with Gasteiger partial charge in [-0.15, -0.1) is 0 Å². The number of carbonyl (C=O) groups is 2. The number of nitrogens with zero attached hydrogens (tertiary/aromatic N) is 1. The summed E-state index contributed by atoms with van der Waals surface area (Å²) < 4.78 is 54.6. The van der Waals surface area contributed by atoms with Gasteiger partial charge in [0.15, 0.2) is 0 Å². The highest BCUT2D eigenvalue weighted by molar-refractivity contribution is 7.10. The highest BCUT2D eigenvalue weighted by Gasteiger charge is 2.77. The molecule has 0 fully saturated rings. The number of benzene rings is 1. The summed E-state index contributed by atoms with van der Waals surface area (Å²) in [7, 11) is 1.53. The van der Waals surface area contributed by atoms with Gasteiger partial charge in [0, 0.05) is 0 Å². The topological polar surface area (TPSA) is 76.4 Å². The summed E-state index contributed by atoms with van der Waals surface area (Å²) in [5.41, 5.74) is -6.07. The predicted octanol–water partition coefficient (Wildman–Crippen LogP) is 5.05. The molecule has 1 aromatic rings. The molecule has 164 valence electrons. The van der Waals surface area contributed by atoms with E-state index >= 15 is 13.2 Å². The van der Waals surface area contributed by atoms with E-state index in [1.54, 1.807) is 6.92 Å². The summed E-state index contributed by atoms with van der Waals surface area (Å²) in [6, 6.07) is 6.81. The molecule has 0 radical (unpaired) electrons. The van der Waals surface area contributed by atoms with Gasteiger partial charge < -0.3 is 9.26 Å². The molecule has 0 spiro atoms. The molecular weight excluding hydrogens is 430 g/mol. The number of hydrogen-bond donors (Lipinski definition) is 0. The third kappa shape index (κ3) is 3.47. The van der Waals surface area contributed by atoms with Crippen LogP contribution in [-0.4, -0.2) is 18.1 Å². The quantitative estimate of drug-likeness (QED) is 0.344. The Bertz CT molecular complexity index is 991. The van der Waals surface area contributed by atoms with Gasteiger partial charge in [-0.3, -0.25) is 9.59 Å². The van der Waals surface area contributed by atoms with Gasteiger partial charge in [-0.1, -0.05) is 44.7 Å². The van der Waals surface area contributed by atoms with Crippen molar-refractivity contribution in [3.05, 3.63) is 71.5 Å². The van der Waals surface area contributed by atoms with Crippen molar-refractivity contribution in [1.29, 1.82) is 5.26 Å². The highest BCUT2D eigenvalue weighted by Crippen LogP contribution is 2.62. The number of esters is 1. The first-order valence-electron chi connectivity index (χ1n) is 9.34. The minimum Gasteiger partial charge on any atom is -0.451 e. The maximum atomic E-state index is 15.0. The molecule has 0 saturated heterocycles. The SMILES string of the molecule is C=COC(=O)C1(c2ccc(C#N)cc2)C=CC(CC)=C(CC)C1(C(=O)OP)C(F)(F)F. The lowest BCUT2D eigenvalue weighted by atomic mass is 9.52. The molecule has 1 aliphatic rings. The number of carbonyl (C=O) groups excluding carboxylic acids is 2. The van der Waals surface area contributed by atoms with Crippen molar-refractivity contribution >= 4 is 21.4 Å². The smallest absolute Gasteiger partial charge is 0.410 e. The van der Waals surface area contributed by atoms with Crippen LogP contribution in [0.4, 0.5) is 13.2 Å². The lowest BCUT2D eigenvalue weighted by molar-refractivity contribution is -0.236. The van der Waals surface area contributed by atoms with E-state index in [2.05, 4.69) is 11.1 Å². The summed E-state index contributed by atoms with van der Waals surface area (Å²) in [6.45, 7) is 6.40.